The summed E-state index contributed by atoms with van der Waals surface area (Å²) >= 11 is 0. The summed E-state index contributed by atoms with van der Waals surface area (Å²) in [4.78, 5) is 3.54. The second-order valence-electron chi connectivity index (χ2n) is 1.40. The van der Waals surface area contributed by atoms with E-state index in [1.807, 2.05) is 0 Å². The van der Waals surface area contributed by atoms with E-state index in [0.717, 1.165) is 0 Å². The van der Waals surface area contributed by atoms with Gasteiger partial charge in [0, 0.05) is 0 Å². The molecule has 10 heavy (non-hydrogen) atoms. The number of nitrogens with two attached hydrogens (primary N) is 1. The van der Waals surface area contributed by atoms with Crippen molar-refractivity contribution in [2.75, 3.05) is 0 Å². The van der Waals surface area contributed by atoms with Crippen molar-refractivity contribution in [1.29, 1.82) is 0 Å². The van der Waals surface area contributed by atoms with E-state index in [4.69, 9.17) is 10.9 Å². The molecule has 0 unspecified atom stereocenters. The summed E-state index contributed by atoms with van der Waals surface area (Å²) < 4.78 is 0. The Balaban J connectivity index is 3.86. The predicted octanol–water partition coefficient (Wildman–Crippen LogP) is -0.516. The maximum atomic E-state index is 8.15. The summed E-state index contributed by atoms with van der Waals surface area (Å²) in [6.45, 7) is 6.80. The lowest BCUT2D eigenvalue weighted by Crippen LogP contribution is -2.29. The fraction of sp³-hybridized carbons (Fsp3) is 0. The molecular formula is C5H10N4O. The first kappa shape index (κ1) is 8.51. The van der Waals surface area contributed by atoms with Gasteiger partial charge in [0.1, 0.15) is 5.82 Å². The normalized spacial score (nSPS) is 10.3. The van der Waals surface area contributed by atoms with Crippen molar-refractivity contribution in [3.8, 4) is 0 Å². The summed E-state index contributed by atoms with van der Waals surface area (Å²) in [7, 11) is 0. The van der Waals surface area contributed by atoms with Crippen LogP contribution in [0.25, 0.3) is 0 Å². The number of hydroxylamine groups is 1. The molecule has 0 saturated heterocycles. The molecule has 0 aliphatic heterocycles. The Labute approximate surface area is 58.9 Å². The summed E-state index contributed by atoms with van der Waals surface area (Å²) in [6.07, 6.45) is 1.40. The second-order valence-corrected chi connectivity index (χ2v) is 1.40. The van der Waals surface area contributed by atoms with Crippen LogP contribution in [0.4, 0.5) is 0 Å². The van der Waals surface area contributed by atoms with Crippen LogP contribution in [0.2, 0.25) is 0 Å². The van der Waals surface area contributed by atoms with Crippen LogP contribution in [0.15, 0.2) is 30.2 Å². The Hall–Kier alpha value is -1.49. The minimum Gasteiger partial charge on any atom is -0.368 e. The summed E-state index contributed by atoms with van der Waals surface area (Å²) in [6, 6.07) is 0. The lowest BCUT2D eigenvalue weighted by molar-refractivity contribution is 0.233. The lowest BCUT2D eigenvalue weighted by atomic mass is 10.7. The van der Waals surface area contributed by atoms with Crippen LogP contribution in [-0.2, 0) is 0 Å². The van der Waals surface area contributed by atoms with Crippen LogP contribution in [0.1, 0.15) is 0 Å². The summed E-state index contributed by atoms with van der Waals surface area (Å²) in [5.41, 5.74) is 6.70. The van der Waals surface area contributed by atoms with E-state index in [2.05, 4.69) is 23.5 Å². The Kier molecular flexibility index (Phi) is 3.74. The quantitative estimate of drug-likeness (QED) is 0.243. The molecule has 0 fully saturated rings. The Morgan fingerprint density at radius 1 is 1.70 bits per heavy atom. The molecule has 0 spiro atoms. The highest BCUT2D eigenvalue weighted by molar-refractivity contribution is 5.77. The molecule has 0 atom stereocenters. The highest BCUT2D eigenvalue weighted by Gasteiger charge is 1.86. The Morgan fingerprint density at radius 3 is 2.70 bits per heavy atom. The zero-order chi connectivity index (χ0) is 7.98. The Bertz CT molecular complexity index is 163. The molecule has 5 heteroatoms. The molecule has 5 N–H and O–H groups in total. The van der Waals surface area contributed by atoms with Crippen molar-refractivity contribution < 1.29 is 5.21 Å². The van der Waals surface area contributed by atoms with Crippen molar-refractivity contribution in [2.45, 2.75) is 0 Å². The zero-order valence-corrected chi connectivity index (χ0v) is 5.46. The van der Waals surface area contributed by atoms with Crippen molar-refractivity contribution in [3.05, 3.63) is 25.2 Å². The monoisotopic (exact) mass is 142 g/mol. The molecule has 0 aliphatic carbocycles. The molecule has 0 heterocycles. The highest BCUT2D eigenvalue weighted by Crippen LogP contribution is 1.82. The third-order valence-corrected chi connectivity index (χ3v) is 0.639. The molecule has 0 aliphatic rings. The van der Waals surface area contributed by atoms with Gasteiger partial charge in [0.05, 0.1) is 0 Å². The van der Waals surface area contributed by atoms with Gasteiger partial charge < -0.3 is 11.1 Å². The van der Waals surface area contributed by atoms with Gasteiger partial charge in [0.2, 0.25) is 5.96 Å². The summed E-state index contributed by atoms with van der Waals surface area (Å²) in [5, 5.41) is 10.7. The predicted molar refractivity (Wildman–Crippen MR) is 39.0 cm³/mol. The molecule has 0 aromatic rings. The smallest absolute Gasteiger partial charge is 0.219 e. The minimum absolute atomic E-state index is 0.126. The number of aliphatic imine (C=N–C) groups is 1. The van der Waals surface area contributed by atoms with E-state index in [1.54, 1.807) is 5.48 Å². The van der Waals surface area contributed by atoms with Gasteiger partial charge in [-0.1, -0.05) is 13.2 Å². The average Bonchev–Trinajstić information content (AvgIpc) is 1.88. The van der Waals surface area contributed by atoms with Crippen molar-refractivity contribution in [2.24, 2.45) is 10.7 Å². The average molecular weight is 142 g/mol. The van der Waals surface area contributed by atoms with Gasteiger partial charge in [-0.05, 0) is 6.20 Å². The van der Waals surface area contributed by atoms with E-state index in [-0.39, 0.29) is 5.96 Å². The zero-order valence-electron chi connectivity index (χ0n) is 5.46. The van der Waals surface area contributed by atoms with Crippen LogP contribution >= 0.6 is 0 Å². The van der Waals surface area contributed by atoms with E-state index >= 15 is 0 Å². The number of hydrogen-bond acceptors (Lipinski definition) is 3. The molecule has 0 rings (SSSR count). The van der Waals surface area contributed by atoms with Crippen LogP contribution in [0.5, 0.6) is 0 Å². The topological polar surface area (TPSA) is 82.7 Å². The molecule has 0 saturated carbocycles. The summed E-state index contributed by atoms with van der Waals surface area (Å²) in [5.74, 6) is 0.174. The standard InChI is InChI=1S/C5H10N4O/c1-3-7-4(2)8-5(6)9-10/h3,7,10H,1-2H2,(H3,6,8,9). The van der Waals surface area contributed by atoms with Gasteiger partial charge in [-0.3, -0.25) is 5.21 Å². The van der Waals surface area contributed by atoms with Crippen molar-refractivity contribution in [3.63, 3.8) is 0 Å². The van der Waals surface area contributed by atoms with Crippen LogP contribution in [0, 0.1) is 0 Å². The fourth-order valence-electron chi connectivity index (χ4n) is 0.320. The van der Waals surface area contributed by atoms with Crippen LogP contribution < -0.4 is 16.5 Å². The van der Waals surface area contributed by atoms with Crippen molar-refractivity contribution in [1.82, 2.24) is 10.8 Å². The molecule has 0 aromatic heterocycles. The molecule has 0 aromatic carbocycles. The van der Waals surface area contributed by atoms with E-state index in [0.29, 0.717) is 5.82 Å². The maximum absolute atomic E-state index is 8.15. The first-order chi connectivity index (χ1) is 4.70. The third-order valence-electron chi connectivity index (χ3n) is 0.639. The largest absolute Gasteiger partial charge is 0.368 e. The first-order valence-corrected chi connectivity index (χ1v) is 2.51. The SMILES string of the molecule is C=CNC(=C)N=C(N)NO. The minimum atomic E-state index is -0.126. The number of nitrogens with zero attached hydrogens (tertiary/aromatic N) is 1. The molecular weight excluding hydrogens is 132 g/mol. The number of guanidine groups is 1. The van der Waals surface area contributed by atoms with Crippen molar-refractivity contribution >= 4 is 5.96 Å². The van der Waals surface area contributed by atoms with Gasteiger partial charge in [0.15, 0.2) is 0 Å². The number of rotatable bonds is 3. The molecule has 0 amide bonds. The van der Waals surface area contributed by atoms with Gasteiger partial charge in [-0.2, -0.15) is 4.99 Å². The highest BCUT2D eigenvalue weighted by atomic mass is 16.5. The third kappa shape index (κ3) is 3.50. The van der Waals surface area contributed by atoms with Gasteiger partial charge in [-0.15, -0.1) is 0 Å². The van der Waals surface area contributed by atoms with Gasteiger partial charge in [-0.25, -0.2) is 5.48 Å². The van der Waals surface area contributed by atoms with Gasteiger partial charge in [0.25, 0.3) is 0 Å². The molecule has 0 bridgehead atoms. The first-order valence-electron chi connectivity index (χ1n) is 2.51. The van der Waals surface area contributed by atoms with E-state index < -0.39 is 0 Å². The van der Waals surface area contributed by atoms with Crippen LogP contribution in [-0.4, -0.2) is 11.2 Å². The fourth-order valence-corrected chi connectivity index (χ4v) is 0.320. The Morgan fingerprint density at radius 2 is 2.30 bits per heavy atom. The maximum Gasteiger partial charge on any atom is 0.219 e. The second kappa shape index (κ2) is 4.39. The molecule has 5 nitrogen and oxygen atoms in total. The van der Waals surface area contributed by atoms with E-state index in [9.17, 15) is 0 Å². The lowest BCUT2D eigenvalue weighted by Gasteiger charge is -1.99. The number of nitrogens with one attached hydrogen (secondary N) is 2. The number of hydrogen-bond donors (Lipinski definition) is 4. The van der Waals surface area contributed by atoms with E-state index in [1.165, 1.54) is 6.20 Å². The molecule has 0 radical (unpaired) electrons. The van der Waals surface area contributed by atoms with Crippen LogP contribution in [0.3, 0.4) is 0 Å². The molecule has 56 valence electrons. The van der Waals surface area contributed by atoms with Gasteiger partial charge >= 0.3 is 0 Å².